The molecule has 0 radical (unpaired) electrons. The maximum atomic E-state index is 13.7. The fourth-order valence-electron chi connectivity index (χ4n) is 4.61. The van der Waals surface area contributed by atoms with Gasteiger partial charge in [0.05, 0.1) is 19.1 Å². The zero-order valence-electron chi connectivity index (χ0n) is 21.7. The lowest BCUT2D eigenvalue weighted by Crippen LogP contribution is -2.53. The third-order valence-electron chi connectivity index (χ3n) is 6.64. The number of carbonyl (C=O) groups is 2. The summed E-state index contributed by atoms with van der Waals surface area (Å²) in [6.45, 7) is 1.36. The standard InChI is InChI=1S/C27H36FN3O5S/c1-4-25(27(33)29-22-8-6-5-7-9-22)30(18-20-10-12-21(28)13-11-20)26(32)19-31(37(3,34)35)23-14-16-24(36-2)17-15-23/h10-17,22,25H,4-9,18-19H2,1-3H3,(H,29,33). The van der Waals surface area contributed by atoms with Crippen molar-refractivity contribution in [1.82, 2.24) is 10.2 Å². The van der Waals surface area contributed by atoms with Crippen LogP contribution in [0.3, 0.4) is 0 Å². The number of benzene rings is 2. The number of anilines is 1. The van der Waals surface area contributed by atoms with E-state index in [1.807, 2.05) is 6.92 Å². The molecule has 1 N–H and O–H groups in total. The number of ether oxygens (including phenoxy) is 1. The first kappa shape index (κ1) is 28.4. The fourth-order valence-corrected chi connectivity index (χ4v) is 5.46. The molecule has 0 aromatic heterocycles. The molecular weight excluding hydrogens is 497 g/mol. The molecular formula is C27H36FN3O5S. The van der Waals surface area contributed by atoms with Gasteiger partial charge in [0.1, 0.15) is 24.2 Å². The highest BCUT2D eigenvalue weighted by Gasteiger charge is 2.32. The van der Waals surface area contributed by atoms with Gasteiger partial charge in [0.15, 0.2) is 0 Å². The molecule has 8 nitrogen and oxygen atoms in total. The lowest BCUT2D eigenvalue weighted by Gasteiger charge is -2.34. The first-order valence-corrected chi connectivity index (χ1v) is 14.4. The molecule has 1 unspecified atom stereocenters. The largest absolute Gasteiger partial charge is 0.497 e. The Labute approximate surface area is 218 Å². The van der Waals surface area contributed by atoms with Gasteiger partial charge in [0, 0.05) is 12.6 Å². The molecule has 1 saturated carbocycles. The highest BCUT2D eigenvalue weighted by atomic mass is 32.2. The SMILES string of the molecule is CCC(C(=O)NC1CCCCC1)N(Cc1ccc(F)cc1)C(=O)CN(c1ccc(OC)cc1)S(C)(=O)=O. The minimum absolute atomic E-state index is 0.0376. The summed E-state index contributed by atoms with van der Waals surface area (Å²) >= 11 is 0. The van der Waals surface area contributed by atoms with Gasteiger partial charge >= 0.3 is 0 Å². The predicted octanol–water partition coefficient (Wildman–Crippen LogP) is 3.86. The number of carbonyl (C=O) groups excluding carboxylic acids is 2. The molecule has 3 rings (SSSR count). The molecule has 1 aliphatic carbocycles. The van der Waals surface area contributed by atoms with E-state index in [2.05, 4.69) is 5.32 Å². The predicted molar refractivity (Wildman–Crippen MR) is 141 cm³/mol. The van der Waals surface area contributed by atoms with Crippen molar-refractivity contribution in [2.45, 2.75) is 64.1 Å². The molecule has 0 spiro atoms. The van der Waals surface area contributed by atoms with E-state index < -0.39 is 34.3 Å². The Morgan fingerprint density at radius 3 is 2.22 bits per heavy atom. The van der Waals surface area contributed by atoms with Gasteiger partial charge in [-0.15, -0.1) is 0 Å². The number of nitrogens with one attached hydrogen (secondary N) is 1. The second-order valence-electron chi connectivity index (χ2n) is 9.38. The molecule has 0 heterocycles. The molecule has 10 heteroatoms. The minimum atomic E-state index is -3.83. The molecule has 37 heavy (non-hydrogen) atoms. The molecule has 2 amide bonds. The van der Waals surface area contributed by atoms with Gasteiger partial charge in [-0.25, -0.2) is 12.8 Å². The van der Waals surface area contributed by atoms with Crippen LogP contribution in [0.25, 0.3) is 0 Å². The second kappa shape index (κ2) is 12.9. The van der Waals surface area contributed by atoms with Crippen LogP contribution in [0.2, 0.25) is 0 Å². The Morgan fingerprint density at radius 1 is 1.05 bits per heavy atom. The van der Waals surface area contributed by atoms with E-state index in [0.717, 1.165) is 42.7 Å². The molecule has 1 atom stereocenters. The smallest absolute Gasteiger partial charge is 0.244 e. The molecule has 202 valence electrons. The number of amides is 2. The van der Waals surface area contributed by atoms with Crippen molar-refractivity contribution < 1.29 is 27.1 Å². The van der Waals surface area contributed by atoms with Gasteiger partial charge in [-0.1, -0.05) is 38.3 Å². The number of nitrogens with zero attached hydrogens (tertiary/aromatic N) is 2. The monoisotopic (exact) mass is 533 g/mol. The van der Waals surface area contributed by atoms with Crippen LogP contribution in [0.15, 0.2) is 48.5 Å². The van der Waals surface area contributed by atoms with E-state index in [0.29, 0.717) is 23.4 Å². The third kappa shape index (κ3) is 7.92. The highest BCUT2D eigenvalue weighted by molar-refractivity contribution is 7.92. The molecule has 1 fully saturated rings. The topological polar surface area (TPSA) is 96.0 Å². The van der Waals surface area contributed by atoms with Gasteiger partial charge in [0.25, 0.3) is 0 Å². The quantitative estimate of drug-likeness (QED) is 0.473. The van der Waals surface area contributed by atoms with Crippen molar-refractivity contribution in [3.63, 3.8) is 0 Å². The van der Waals surface area contributed by atoms with Crippen LogP contribution in [0.5, 0.6) is 5.75 Å². The Morgan fingerprint density at radius 2 is 1.68 bits per heavy atom. The summed E-state index contributed by atoms with van der Waals surface area (Å²) in [5.74, 6) is -0.658. The third-order valence-corrected chi connectivity index (χ3v) is 7.78. The number of rotatable bonds is 11. The van der Waals surface area contributed by atoms with Crippen molar-refractivity contribution in [2.75, 3.05) is 24.2 Å². The van der Waals surface area contributed by atoms with Gasteiger partial charge in [0.2, 0.25) is 21.8 Å². The Bertz CT molecular complexity index is 1150. The van der Waals surface area contributed by atoms with Gasteiger partial charge in [-0.05, 0) is 61.2 Å². The first-order valence-electron chi connectivity index (χ1n) is 12.6. The van der Waals surface area contributed by atoms with Crippen LogP contribution >= 0.6 is 0 Å². The summed E-state index contributed by atoms with van der Waals surface area (Å²) in [5, 5.41) is 3.09. The molecule has 2 aromatic rings. The van der Waals surface area contributed by atoms with Crippen LogP contribution in [0, 0.1) is 5.82 Å². The Hall–Kier alpha value is -3.14. The number of hydrogen-bond donors (Lipinski definition) is 1. The van der Waals surface area contributed by atoms with Crippen LogP contribution in [-0.2, 0) is 26.2 Å². The zero-order chi connectivity index (χ0) is 27.0. The summed E-state index contributed by atoms with van der Waals surface area (Å²) in [4.78, 5) is 28.4. The van der Waals surface area contributed by atoms with E-state index in [-0.39, 0.29) is 18.5 Å². The van der Waals surface area contributed by atoms with Gasteiger partial charge in [-0.3, -0.25) is 13.9 Å². The summed E-state index contributed by atoms with van der Waals surface area (Å²) in [6, 6.07) is 11.3. The Kier molecular flexibility index (Phi) is 9.91. The fraction of sp³-hybridized carbons (Fsp3) is 0.481. The zero-order valence-corrected chi connectivity index (χ0v) is 22.5. The van der Waals surface area contributed by atoms with Crippen molar-refractivity contribution >= 4 is 27.5 Å². The number of methoxy groups -OCH3 is 1. The van der Waals surface area contributed by atoms with Crippen molar-refractivity contribution in [3.05, 3.63) is 59.9 Å². The summed E-state index contributed by atoms with van der Waals surface area (Å²) in [6.07, 6.45) is 6.40. The average molecular weight is 534 g/mol. The number of halogens is 1. The van der Waals surface area contributed by atoms with E-state index in [4.69, 9.17) is 4.74 Å². The number of sulfonamides is 1. The maximum Gasteiger partial charge on any atom is 0.244 e. The van der Waals surface area contributed by atoms with Gasteiger partial charge < -0.3 is 15.0 Å². The molecule has 0 aliphatic heterocycles. The van der Waals surface area contributed by atoms with E-state index >= 15 is 0 Å². The Balaban J connectivity index is 1.89. The number of hydrogen-bond acceptors (Lipinski definition) is 5. The summed E-state index contributed by atoms with van der Waals surface area (Å²) in [5.41, 5.74) is 0.937. The maximum absolute atomic E-state index is 13.7. The summed E-state index contributed by atoms with van der Waals surface area (Å²) < 4.78 is 45.0. The minimum Gasteiger partial charge on any atom is -0.497 e. The molecule has 0 bridgehead atoms. The van der Waals surface area contributed by atoms with Gasteiger partial charge in [-0.2, -0.15) is 0 Å². The lowest BCUT2D eigenvalue weighted by atomic mass is 9.95. The molecule has 1 aliphatic rings. The molecule has 2 aromatic carbocycles. The highest BCUT2D eigenvalue weighted by Crippen LogP contribution is 2.23. The second-order valence-corrected chi connectivity index (χ2v) is 11.3. The van der Waals surface area contributed by atoms with Crippen LogP contribution in [0.1, 0.15) is 51.0 Å². The summed E-state index contributed by atoms with van der Waals surface area (Å²) in [7, 11) is -2.32. The van der Waals surface area contributed by atoms with Crippen molar-refractivity contribution in [2.24, 2.45) is 0 Å². The normalized spacial score (nSPS) is 15.0. The van der Waals surface area contributed by atoms with Crippen LogP contribution in [-0.4, -0.2) is 57.1 Å². The van der Waals surface area contributed by atoms with E-state index in [1.54, 1.807) is 36.4 Å². The van der Waals surface area contributed by atoms with Crippen LogP contribution < -0.4 is 14.4 Å². The van der Waals surface area contributed by atoms with Crippen LogP contribution in [0.4, 0.5) is 10.1 Å². The van der Waals surface area contributed by atoms with Crippen molar-refractivity contribution in [1.29, 1.82) is 0 Å². The lowest BCUT2D eigenvalue weighted by molar-refractivity contribution is -0.140. The van der Waals surface area contributed by atoms with Crippen molar-refractivity contribution in [3.8, 4) is 5.75 Å². The van der Waals surface area contributed by atoms with E-state index in [1.165, 1.54) is 24.1 Å². The first-order chi connectivity index (χ1) is 17.6. The molecule has 0 saturated heterocycles. The van der Waals surface area contributed by atoms with E-state index in [9.17, 15) is 22.4 Å². The average Bonchev–Trinajstić information content (AvgIpc) is 2.88.